The molecular weight excluding hydrogens is 533 g/mol. The van der Waals surface area contributed by atoms with Gasteiger partial charge < -0.3 is 19.5 Å². The Kier molecular flexibility index (Phi) is 8.05. The highest BCUT2D eigenvalue weighted by molar-refractivity contribution is 6.43. The normalized spacial score (nSPS) is 13.6. The maximum atomic E-state index is 12.8. The number of hydrogen-bond acceptors (Lipinski definition) is 4. The average Bonchev–Trinajstić information content (AvgIpc) is 3.43. The summed E-state index contributed by atoms with van der Waals surface area (Å²) in [6.45, 7) is 4.83. The monoisotopic (exact) mass is 559 g/mol. The second-order valence-corrected chi connectivity index (χ2v) is 10.1. The SMILES string of the molecule is Cc1ccc(C(=O)N2CCN(c3ccc(NC(=O)/C=C/c4ccc(-c5cccc(Cl)c5Cl)o4)cc3)CC2)cc1. The van der Waals surface area contributed by atoms with Crippen molar-refractivity contribution in [3.8, 4) is 11.3 Å². The summed E-state index contributed by atoms with van der Waals surface area (Å²) in [6.07, 6.45) is 3.02. The van der Waals surface area contributed by atoms with Crippen LogP contribution in [0, 0.1) is 6.92 Å². The second kappa shape index (κ2) is 11.8. The fourth-order valence-electron chi connectivity index (χ4n) is 4.43. The molecule has 1 saturated heterocycles. The molecule has 2 amide bonds. The molecule has 198 valence electrons. The Morgan fingerprint density at radius 3 is 2.31 bits per heavy atom. The summed E-state index contributed by atoms with van der Waals surface area (Å²) in [7, 11) is 0. The van der Waals surface area contributed by atoms with Crippen molar-refractivity contribution >= 4 is 52.5 Å². The van der Waals surface area contributed by atoms with Gasteiger partial charge in [0.05, 0.1) is 10.0 Å². The first-order valence-electron chi connectivity index (χ1n) is 12.6. The fourth-order valence-corrected chi connectivity index (χ4v) is 4.82. The summed E-state index contributed by atoms with van der Waals surface area (Å²) >= 11 is 12.4. The second-order valence-electron chi connectivity index (χ2n) is 9.32. The van der Waals surface area contributed by atoms with E-state index < -0.39 is 0 Å². The molecule has 2 heterocycles. The van der Waals surface area contributed by atoms with Crippen molar-refractivity contribution in [2.24, 2.45) is 0 Å². The fraction of sp³-hybridized carbons (Fsp3) is 0.161. The number of amides is 2. The molecule has 1 N–H and O–H groups in total. The first-order valence-corrected chi connectivity index (χ1v) is 13.4. The Balaban J connectivity index is 1.13. The molecule has 1 aliphatic heterocycles. The number of anilines is 2. The molecule has 6 nitrogen and oxygen atoms in total. The lowest BCUT2D eigenvalue weighted by Gasteiger charge is -2.36. The third kappa shape index (κ3) is 6.36. The molecule has 0 radical (unpaired) electrons. The van der Waals surface area contributed by atoms with Gasteiger partial charge in [-0.3, -0.25) is 9.59 Å². The number of nitrogens with one attached hydrogen (secondary N) is 1. The van der Waals surface area contributed by atoms with E-state index in [9.17, 15) is 9.59 Å². The quantitative estimate of drug-likeness (QED) is 0.254. The van der Waals surface area contributed by atoms with Crippen LogP contribution in [0.4, 0.5) is 11.4 Å². The first-order chi connectivity index (χ1) is 18.9. The highest BCUT2D eigenvalue weighted by Gasteiger charge is 2.22. The van der Waals surface area contributed by atoms with Crippen molar-refractivity contribution in [2.45, 2.75) is 6.92 Å². The van der Waals surface area contributed by atoms with Crippen molar-refractivity contribution in [1.82, 2.24) is 4.90 Å². The predicted molar refractivity (Wildman–Crippen MR) is 158 cm³/mol. The molecule has 0 bridgehead atoms. The average molecular weight is 560 g/mol. The molecule has 5 rings (SSSR count). The number of aryl methyl sites for hydroxylation is 1. The molecule has 0 atom stereocenters. The lowest BCUT2D eigenvalue weighted by molar-refractivity contribution is -0.111. The number of halogens is 2. The minimum Gasteiger partial charge on any atom is -0.457 e. The van der Waals surface area contributed by atoms with Gasteiger partial charge in [0.1, 0.15) is 11.5 Å². The summed E-state index contributed by atoms with van der Waals surface area (Å²) in [6, 6.07) is 24.3. The van der Waals surface area contributed by atoms with Crippen molar-refractivity contribution < 1.29 is 14.0 Å². The van der Waals surface area contributed by atoms with Gasteiger partial charge in [0.25, 0.3) is 5.91 Å². The van der Waals surface area contributed by atoms with Crippen LogP contribution in [-0.2, 0) is 4.79 Å². The van der Waals surface area contributed by atoms with E-state index in [2.05, 4.69) is 10.2 Å². The Labute approximate surface area is 237 Å². The van der Waals surface area contributed by atoms with Gasteiger partial charge in [-0.1, -0.05) is 47.0 Å². The van der Waals surface area contributed by atoms with Gasteiger partial charge in [-0.25, -0.2) is 0 Å². The van der Waals surface area contributed by atoms with Crippen LogP contribution in [0.1, 0.15) is 21.7 Å². The molecule has 1 aromatic heterocycles. The van der Waals surface area contributed by atoms with Crippen LogP contribution in [-0.4, -0.2) is 42.9 Å². The molecule has 1 aliphatic rings. The van der Waals surface area contributed by atoms with Crippen LogP contribution < -0.4 is 10.2 Å². The molecular formula is C31H27Cl2N3O3. The van der Waals surface area contributed by atoms with E-state index in [1.165, 1.54) is 6.08 Å². The zero-order valence-corrected chi connectivity index (χ0v) is 22.9. The van der Waals surface area contributed by atoms with E-state index in [0.29, 0.717) is 45.9 Å². The minimum absolute atomic E-state index is 0.0693. The number of piperazine rings is 1. The van der Waals surface area contributed by atoms with Crippen LogP contribution in [0.5, 0.6) is 0 Å². The Hall–Kier alpha value is -4.00. The predicted octanol–water partition coefficient (Wildman–Crippen LogP) is 7.18. The zero-order chi connectivity index (χ0) is 27.4. The van der Waals surface area contributed by atoms with Gasteiger partial charge >= 0.3 is 0 Å². The standard InChI is InChI=1S/C31H27Cl2N3O3/c1-21-5-7-22(8-6-21)31(38)36-19-17-35(18-20-36)24-11-9-23(10-12-24)34-29(37)16-14-25-13-15-28(39-25)26-3-2-4-27(32)30(26)33/h2-16H,17-20H2,1H3,(H,34,37)/b16-14+. The van der Waals surface area contributed by atoms with Crippen LogP contribution in [0.15, 0.2) is 89.4 Å². The van der Waals surface area contributed by atoms with E-state index in [1.807, 2.05) is 66.4 Å². The van der Waals surface area contributed by atoms with E-state index in [4.69, 9.17) is 27.6 Å². The lowest BCUT2D eigenvalue weighted by Crippen LogP contribution is -2.48. The molecule has 0 aliphatic carbocycles. The highest BCUT2D eigenvalue weighted by atomic mass is 35.5. The lowest BCUT2D eigenvalue weighted by atomic mass is 10.1. The van der Waals surface area contributed by atoms with E-state index in [0.717, 1.165) is 29.9 Å². The molecule has 8 heteroatoms. The van der Waals surface area contributed by atoms with Gasteiger partial charge in [0.15, 0.2) is 0 Å². The Bertz CT molecular complexity index is 1500. The molecule has 39 heavy (non-hydrogen) atoms. The zero-order valence-electron chi connectivity index (χ0n) is 21.4. The van der Waals surface area contributed by atoms with Crippen LogP contribution >= 0.6 is 23.2 Å². The van der Waals surface area contributed by atoms with Gasteiger partial charge in [0.2, 0.25) is 5.91 Å². The summed E-state index contributed by atoms with van der Waals surface area (Å²) in [5.74, 6) is 0.884. The van der Waals surface area contributed by atoms with Gasteiger partial charge in [-0.05, 0) is 73.7 Å². The summed E-state index contributed by atoms with van der Waals surface area (Å²) in [5, 5.41) is 3.73. The van der Waals surface area contributed by atoms with Crippen LogP contribution in [0.3, 0.4) is 0 Å². The van der Waals surface area contributed by atoms with Crippen molar-refractivity contribution in [1.29, 1.82) is 0 Å². The first kappa shape index (κ1) is 26.6. The number of rotatable bonds is 6. The molecule has 1 fully saturated rings. The maximum Gasteiger partial charge on any atom is 0.253 e. The number of carbonyl (C=O) groups is 2. The third-order valence-electron chi connectivity index (χ3n) is 6.61. The number of nitrogens with zero attached hydrogens (tertiary/aromatic N) is 2. The van der Waals surface area contributed by atoms with E-state index >= 15 is 0 Å². The summed E-state index contributed by atoms with van der Waals surface area (Å²) in [5.41, 5.74) is 4.29. The Morgan fingerprint density at radius 1 is 0.872 bits per heavy atom. The van der Waals surface area contributed by atoms with Gasteiger partial charge in [-0.2, -0.15) is 0 Å². The van der Waals surface area contributed by atoms with Crippen molar-refractivity contribution in [2.75, 3.05) is 36.4 Å². The molecule has 0 spiro atoms. The number of hydrogen-bond donors (Lipinski definition) is 1. The van der Waals surface area contributed by atoms with Crippen LogP contribution in [0.25, 0.3) is 17.4 Å². The number of furan rings is 1. The van der Waals surface area contributed by atoms with E-state index in [1.54, 1.807) is 30.3 Å². The minimum atomic E-state index is -0.273. The molecule has 0 unspecified atom stereocenters. The van der Waals surface area contributed by atoms with Gasteiger partial charge in [-0.15, -0.1) is 0 Å². The third-order valence-corrected chi connectivity index (χ3v) is 7.43. The topological polar surface area (TPSA) is 65.8 Å². The highest BCUT2D eigenvalue weighted by Crippen LogP contribution is 2.34. The smallest absolute Gasteiger partial charge is 0.253 e. The van der Waals surface area contributed by atoms with Gasteiger partial charge in [0, 0.05) is 54.8 Å². The Morgan fingerprint density at radius 2 is 1.59 bits per heavy atom. The van der Waals surface area contributed by atoms with Crippen LogP contribution in [0.2, 0.25) is 10.0 Å². The molecule has 3 aromatic carbocycles. The van der Waals surface area contributed by atoms with E-state index in [-0.39, 0.29) is 11.8 Å². The largest absolute Gasteiger partial charge is 0.457 e. The maximum absolute atomic E-state index is 12.8. The summed E-state index contributed by atoms with van der Waals surface area (Å²) in [4.78, 5) is 29.4. The number of carbonyl (C=O) groups excluding carboxylic acids is 2. The van der Waals surface area contributed by atoms with Crippen molar-refractivity contribution in [3.63, 3.8) is 0 Å². The number of benzene rings is 3. The molecule has 0 saturated carbocycles. The molecule has 4 aromatic rings. The summed E-state index contributed by atoms with van der Waals surface area (Å²) < 4.78 is 5.80. The van der Waals surface area contributed by atoms with Crippen molar-refractivity contribution in [3.05, 3.63) is 112 Å².